The van der Waals surface area contributed by atoms with Crippen LogP contribution in [0.3, 0.4) is 0 Å². The monoisotopic (exact) mass is 330 g/mol. The first kappa shape index (κ1) is 13.1. The SMILES string of the molecule is Cc1ccccc1C(C)Nc1nccn2ncc(Br)c12. The summed E-state index contributed by atoms with van der Waals surface area (Å²) >= 11 is 3.52. The molecule has 0 saturated carbocycles. The number of hydrogen-bond donors (Lipinski definition) is 1. The van der Waals surface area contributed by atoms with Crippen LogP contribution in [-0.4, -0.2) is 14.6 Å². The second-order valence-electron chi connectivity index (χ2n) is 4.78. The van der Waals surface area contributed by atoms with Gasteiger partial charge in [-0.2, -0.15) is 5.10 Å². The van der Waals surface area contributed by atoms with Crippen molar-refractivity contribution < 1.29 is 0 Å². The summed E-state index contributed by atoms with van der Waals surface area (Å²) in [4.78, 5) is 4.43. The van der Waals surface area contributed by atoms with Crippen molar-refractivity contribution in [3.05, 3.63) is 58.5 Å². The Labute approximate surface area is 126 Å². The van der Waals surface area contributed by atoms with Gasteiger partial charge in [0.05, 0.1) is 16.7 Å². The molecule has 0 aliphatic carbocycles. The average molecular weight is 331 g/mol. The number of rotatable bonds is 3. The molecule has 3 rings (SSSR count). The molecule has 0 bridgehead atoms. The second-order valence-corrected chi connectivity index (χ2v) is 5.64. The molecule has 0 fully saturated rings. The largest absolute Gasteiger partial charge is 0.362 e. The molecule has 2 heterocycles. The zero-order chi connectivity index (χ0) is 14.1. The molecule has 1 unspecified atom stereocenters. The van der Waals surface area contributed by atoms with Gasteiger partial charge in [-0.25, -0.2) is 9.50 Å². The van der Waals surface area contributed by atoms with Crippen molar-refractivity contribution in [3.8, 4) is 0 Å². The van der Waals surface area contributed by atoms with Crippen LogP contribution in [0.2, 0.25) is 0 Å². The van der Waals surface area contributed by atoms with Gasteiger partial charge in [0.25, 0.3) is 0 Å². The van der Waals surface area contributed by atoms with Crippen LogP contribution in [-0.2, 0) is 0 Å². The molecule has 3 aromatic rings. The van der Waals surface area contributed by atoms with Gasteiger partial charge in [-0.3, -0.25) is 0 Å². The van der Waals surface area contributed by atoms with E-state index in [9.17, 15) is 0 Å². The Kier molecular flexibility index (Phi) is 3.44. The van der Waals surface area contributed by atoms with Crippen molar-refractivity contribution in [2.75, 3.05) is 5.32 Å². The van der Waals surface area contributed by atoms with Gasteiger partial charge in [0.15, 0.2) is 5.82 Å². The molecule has 0 radical (unpaired) electrons. The van der Waals surface area contributed by atoms with Crippen molar-refractivity contribution in [1.29, 1.82) is 0 Å². The van der Waals surface area contributed by atoms with E-state index < -0.39 is 0 Å². The molecule has 1 N–H and O–H groups in total. The molecule has 20 heavy (non-hydrogen) atoms. The Morgan fingerprint density at radius 2 is 2.10 bits per heavy atom. The number of aromatic nitrogens is 3. The number of anilines is 1. The van der Waals surface area contributed by atoms with Gasteiger partial charge in [0, 0.05) is 12.4 Å². The topological polar surface area (TPSA) is 42.2 Å². The van der Waals surface area contributed by atoms with Crippen molar-refractivity contribution >= 4 is 27.3 Å². The Hall–Kier alpha value is -1.88. The first-order valence-corrected chi connectivity index (χ1v) is 7.26. The fourth-order valence-electron chi connectivity index (χ4n) is 2.37. The number of halogens is 1. The van der Waals surface area contributed by atoms with Crippen molar-refractivity contribution in [3.63, 3.8) is 0 Å². The summed E-state index contributed by atoms with van der Waals surface area (Å²) in [6.07, 6.45) is 5.36. The van der Waals surface area contributed by atoms with E-state index in [2.05, 4.69) is 69.4 Å². The second kappa shape index (κ2) is 5.25. The first-order valence-electron chi connectivity index (χ1n) is 6.46. The summed E-state index contributed by atoms with van der Waals surface area (Å²) in [6.45, 7) is 4.26. The molecule has 0 aliphatic rings. The number of nitrogens with zero attached hydrogens (tertiary/aromatic N) is 3. The van der Waals surface area contributed by atoms with Gasteiger partial charge in [-0.15, -0.1) is 0 Å². The lowest BCUT2D eigenvalue weighted by Gasteiger charge is -2.17. The molecule has 1 atom stereocenters. The standard InChI is InChI=1S/C15H15BrN4/c1-10-5-3-4-6-12(10)11(2)19-15-14-13(16)9-18-20(14)8-7-17-15/h3-9,11H,1-2H3,(H,17,19). The van der Waals surface area contributed by atoms with Crippen LogP contribution in [0.25, 0.3) is 5.52 Å². The quantitative estimate of drug-likeness (QED) is 0.789. The van der Waals surface area contributed by atoms with E-state index in [4.69, 9.17) is 0 Å². The molecule has 0 amide bonds. The maximum atomic E-state index is 4.43. The highest BCUT2D eigenvalue weighted by molar-refractivity contribution is 9.10. The fourth-order valence-corrected chi connectivity index (χ4v) is 2.83. The zero-order valence-corrected chi connectivity index (χ0v) is 12.9. The van der Waals surface area contributed by atoms with Gasteiger partial charge in [-0.05, 0) is 40.9 Å². The third-order valence-electron chi connectivity index (χ3n) is 3.39. The predicted molar refractivity (Wildman–Crippen MR) is 83.9 cm³/mol. The van der Waals surface area contributed by atoms with E-state index in [-0.39, 0.29) is 6.04 Å². The van der Waals surface area contributed by atoms with Gasteiger partial charge in [0.2, 0.25) is 0 Å². The van der Waals surface area contributed by atoms with Crippen LogP contribution in [0.5, 0.6) is 0 Å². The predicted octanol–water partition coefficient (Wildman–Crippen LogP) is 3.97. The summed E-state index contributed by atoms with van der Waals surface area (Å²) in [7, 11) is 0. The highest BCUT2D eigenvalue weighted by Gasteiger charge is 2.13. The number of benzene rings is 1. The van der Waals surface area contributed by atoms with E-state index >= 15 is 0 Å². The molecular formula is C15H15BrN4. The minimum absolute atomic E-state index is 0.177. The summed E-state index contributed by atoms with van der Waals surface area (Å²) < 4.78 is 2.74. The van der Waals surface area contributed by atoms with Gasteiger partial charge in [0.1, 0.15) is 5.52 Å². The highest BCUT2D eigenvalue weighted by Crippen LogP contribution is 2.27. The lowest BCUT2D eigenvalue weighted by molar-refractivity contribution is 0.858. The van der Waals surface area contributed by atoms with E-state index in [1.807, 2.05) is 10.7 Å². The van der Waals surface area contributed by atoms with E-state index in [1.165, 1.54) is 11.1 Å². The maximum Gasteiger partial charge on any atom is 0.153 e. The van der Waals surface area contributed by atoms with E-state index in [1.54, 1.807) is 12.4 Å². The third-order valence-corrected chi connectivity index (χ3v) is 3.98. The molecule has 4 nitrogen and oxygen atoms in total. The number of hydrogen-bond acceptors (Lipinski definition) is 3. The van der Waals surface area contributed by atoms with Crippen molar-refractivity contribution in [2.45, 2.75) is 19.9 Å². The fraction of sp³-hybridized carbons (Fsp3) is 0.200. The summed E-state index contributed by atoms with van der Waals surface area (Å²) in [5.74, 6) is 0.827. The molecule has 0 spiro atoms. The molecular weight excluding hydrogens is 316 g/mol. The Bertz CT molecular complexity index is 750. The molecule has 0 aliphatic heterocycles. The molecule has 5 heteroatoms. The minimum Gasteiger partial charge on any atom is -0.362 e. The summed E-state index contributed by atoms with van der Waals surface area (Å²) in [6, 6.07) is 8.55. The Morgan fingerprint density at radius 3 is 2.90 bits per heavy atom. The van der Waals surface area contributed by atoms with Crippen LogP contribution < -0.4 is 5.32 Å². The molecule has 0 saturated heterocycles. The van der Waals surface area contributed by atoms with Crippen LogP contribution in [0.1, 0.15) is 24.1 Å². The van der Waals surface area contributed by atoms with E-state index in [0.717, 1.165) is 15.8 Å². The Balaban J connectivity index is 1.97. The van der Waals surface area contributed by atoms with Crippen LogP contribution >= 0.6 is 15.9 Å². The molecule has 2 aromatic heterocycles. The zero-order valence-electron chi connectivity index (χ0n) is 11.3. The third kappa shape index (κ3) is 2.29. The number of aryl methyl sites for hydroxylation is 1. The first-order chi connectivity index (χ1) is 9.66. The molecule has 1 aromatic carbocycles. The van der Waals surface area contributed by atoms with Crippen LogP contribution in [0.4, 0.5) is 5.82 Å². The lowest BCUT2D eigenvalue weighted by atomic mass is 10.0. The molecule has 102 valence electrons. The minimum atomic E-state index is 0.177. The Morgan fingerprint density at radius 1 is 1.30 bits per heavy atom. The average Bonchev–Trinajstić information content (AvgIpc) is 2.82. The van der Waals surface area contributed by atoms with Gasteiger partial charge in [-0.1, -0.05) is 24.3 Å². The van der Waals surface area contributed by atoms with E-state index in [0.29, 0.717) is 0 Å². The summed E-state index contributed by atoms with van der Waals surface area (Å²) in [5.41, 5.74) is 3.49. The smallest absolute Gasteiger partial charge is 0.153 e. The van der Waals surface area contributed by atoms with Gasteiger partial charge >= 0.3 is 0 Å². The normalized spacial score (nSPS) is 12.6. The van der Waals surface area contributed by atoms with Crippen molar-refractivity contribution in [2.24, 2.45) is 0 Å². The summed E-state index contributed by atoms with van der Waals surface area (Å²) in [5, 5.41) is 7.73. The van der Waals surface area contributed by atoms with Crippen molar-refractivity contribution in [1.82, 2.24) is 14.6 Å². The van der Waals surface area contributed by atoms with Crippen LogP contribution in [0.15, 0.2) is 47.3 Å². The van der Waals surface area contributed by atoms with Crippen LogP contribution in [0, 0.1) is 6.92 Å². The lowest BCUT2D eigenvalue weighted by Crippen LogP contribution is -2.10. The number of nitrogens with one attached hydrogen (secondary N) is 1. The highest BCUT2D eigenvalue weighted by atomic mass is 79.9. The number of fused-ring (bicyclic) bond motifs is 1. The van der Waals surface area contributed by atoms with Gasteiger partial charge < -0.3 is 5.32 Å². The maximum absolute atomic E-state index is 4.43.